The molecule has 0 aliphatic carbocycles. The van der Waals surface area contributed by atoms with Crippen LogP contribution in [-0.4, -0.2) is 16.5 Å². The maximum absolute atomic E-state index is 13.7. The average Bonchev–Trinajstić information content (AvgIpc) is 2.57. The summed E-state index contributed by atoms with van der Waals surface area (Å²) in [7, 11) is 0. The van der Waals surface area contributed by atoms with E-state index in [-0.39, 0.29) is 5.82 Å². The largest absolute Gasteiger partial charge is 0.370 e. The minimum atomic E-state index is -0.332. The number of halogens is 1. The van der Waals surface area contributed by atoms with Crippen LogP contribution in [0.3, 0.4) is 0 Å². The van der Waals surface area contributed by atoms with Gasteiger partial charge in [-0.25, -0.2) is 9.37 Å². The first-order chi connectivity index (χ1) is 11.7. The third-order valence-electron chi connectivity index (χ3n) is 3.54. The molecule has 1 heterocycles. The Hall–Kier alpha value is -2.95. The number of rotatable bonds is 6. The molecule has 1 aromatic heterocycles. The summed E-state index contributed by atoms with van der Waals surface area (Å²) in [5.41, 5.74) is 2.44. The van der Waals surface area contributed by atoms with Gasteiger partial charge in [0.05, 0.1) is 5.69 Å². The zero-order valence-corrected chi connectivity index (χ0v) is 13.5. The summed E-state index contributed by atoms with van der Waals surface area (Å²) in [4.78, 5) is 8.71. The molecule has 0 fully saturated rings. The Labute approximate surface area is 140 Å². The van der Waals surface area contributed by atoms with Gasteiger partial charge in [0.1, 0.15) is 11.6 Å². The lowest BCUT2D eigenvalue weighted by molar-refractivity contribution is 0.631. The number of para-hydroxylation sites is 1. The fourth-order valence-corrected chi connectivity index (χ4v) is 2.38. The van der Waals surface area contributed by atoms with Gasteiger partial charge in [0.15, 0.2) is 0 Å². The van der Waals surface area contributed by atoms with Gasteiger partial charge in [-0.3, -0.25) is 0 Å². The molecule has 0 saturated carbocycles. The molecule has 0 aliphatic rings. The van der Waals surface area contributed by atoms with E-state index in [9.17, 15) is 4.39 Å². The Morgan fingerprint density at radius 1 is 0.958 bits per heavy atom. The second-order valence-electron chi connectivity index (χ2n) is 5.49. The number of aromatic nitrogens is 2. The van der Waals surface area contributed by atoms with Crippen LogP contribution in [0.15, 0.2) is 60.7 Å². The van der Waals surface area contributed by atoms with Crippen molar-refractivity contribution >= 4 is 17.5 Å². The normalized spacial score (nSPS) is 10.4. The maximum atomic E-state index is 13.7. The number of nitrogens with one attached hydrogen (secondary N) is 2. The topological polar surface area (TPSA) is 49.8 Å². The fraction of sp³-hybridized carbons (Fsp3) is 0.158. The molecular formula is C19H19FN4. The Balaban J connectivity index is 1.66. The predicted molar refractivity (Wildman–Crippen MR) is 95.1 cm³/mol. The monoisotopic (exact) mass is 322 g/mol. The summed E-state index contributed by atoms with van der Waals surface area (Å²) in [6.07, 6.45) is 0.903. The second-order valence-corrected chi connectivity index (χ2v) is 5.49. The molecule has 24 heavy (non-hydrogen) atoms. The van der Waals surface area contributed by atoms with Gasteiger partial charge in [-0.1, -0.05) is 42.5 Å². The van der Waals surface area contributed by atoms with Crippen molar-refractivity contribution in [2.75, 3.05) is 17.2 Å². The third kappa shape index (κ3) is 4.29. The first-order valence-corrected chi connectivity index (χ1v) is 7.86. The van der Waals surface area contributed by atoms with E-state index in [1.165, 1.54) is 11.6 Å². The van der Waals surface area contributed by atoms with E-state index in [0.717, 1.165) is 24.5 Å². The molecule has 5 heteroatoms. The molecule has 0 spiro atoms. The first kappa shape index (κ1) is 15.9. The molecule has 0 unspecified atom stereocenters. The number of nitrogens with zero attached hydrogens (tertiary/aromatic N) is 2. The molecule has 3 rings (SSSR count). The van der Waals surface area contributed by atoms with Crippen LogP contribution >= 0.6 is 0 Å². The van der Waals surface area contributed by atoms with Crippen molar-refractivity contribution in [3.8, 4) is 0 Å². The molecular weight excluding hydrogens is 303 g/mol. The molecule has 0 bridgehead atoms. The fourth-order valence-electron chi connectivity index (χ4n) is 2.38. The van der Waals surface area contributed by atoms with Crippen molar-refractivity contribution in [2.24, 2.45) is 0 Å². The van der Waals surface area contributed by atoms with Gasteiger partial charge in [0.25, 0.3) is 0 Å². The van der Waals surface area contributed by atoms with Gasteiger partial charge in [-0.05, 0) is 31.0 Å². The lowest BCUT2D eigenvalue weighted by atomic mass is 10.1. The highest BCUT2D eigenvalue weighted by Crippen LogP contribution is 2.18. The van der Waals surface area contributed by atoms with Crippen molar-refractivity contribution in [3.05, 3.63) is 77.7 Å². The van der Waals surface area contributed by atoms with Crippen LogP contribution < -0.4 is 10.6 Å². The van der Waals surface area contributed by atoms with Crippen LogP contribution in [0.25, 0.3) is 0 Å². The van der Waals surface area contributed by atoms with E-state index in [2.05, 4.69) is 32.7 Å². The Morgan fingerprint density at radius 3 is 2.50 bits per heavy atom. The van der Waals surface area contributed by atoms with Gasteiger partial charge < -0.3 is 10.6 Å². The van der Waals surface area contributed by atoms with Gasteiger partial charge in [-0.2, -0.15) is 4.98 Å². The Kier molecular flexibility index (Phi) is 5.01. The van der Waals surface area contributed by atoms with Gasteiger partial charge in [0, 0.05) is 18.3 Å². The van der Waals surface area contributed by atoms with Crippen LogP contribution in [0.5, 0.6) is 0 Å². The Morgan fingerprint density at radius 2 is 1.71 bits per heavy atom. The van der Waals surface area contributed by atoms with Crippen LogP contribution in [-0.2, 0) is 6.42 Å². The third-order valence-corrected chi connectivity index (χ3v) is 3.54. The molecule has 122 valence electrons. The van der Waals surface area contributed by atoms with E-state index in [0.29, 0.717) is 11.6 Å². The van der Waals surface area contributed by atoms with Crippen LogP contribution in [0.1, 0.15) is 11.3 Å². The number of aryl methyl sites for hydroxylation is 1. The molecule has 0 aliphatic heterocycles. The quantitative estimate of drug-likeness (QED) is 0.709. The molecule has 3 aromatic rings. The average molecular weight is 322 g/mol. The molecule has 0 atom stereocenters. The van der Waals surface area contributed by atoms with E-state index >= 15 is 0 Å². The number of benzene rings is 2. The second kappa shape index (κ2) is 7.55. The molecule has 0 saturated heterocycles. The smallest absolute Gasteiger partial charge is 0.229 e. The van der Waals surface area contributed by atoms with Crippen molar-refractivity contribution in [1.29, 1.82) is 0 Å². The Bertz CT molecular complexity index is 805. The van der Waals surface area contributed by atoms with E-state index < -0.39 is 0 Å². The summed E-state index contributed by atoms with van der Waals surface area (Å²) in [5, 5.41) is 6.21. The summed E-state index contributed by atoms with van der Waals surface area (Å²) < 4.78 is 13.7. The standard InChI is InChI=1S/C19H19FN4/c1-14-13-18(21-12-11-15-7-3-2-4-8-15)24-19(22-14)23-17-10-6-5-9-16(17)20/h2-10,13H,11-12H2,1H3,(H2,21,22,23,24). The van der Waals surface area contributed by atoms with Crippen LogP contribution in [0.2, 0.25) is 0 Å². The van der Waals surface area contributed by atoms with Gasteiger partial charge in [0.2, 0.25) is 5.95 Å². The molecule has 0 amide bonds. The summed E-state index contributed by atoms with van der Waals surface area (Å²) in [6.45, 7) is 2.65. The number of hydrogen-bond acceptors (Lipinski definition) is 4. The van der Waals surface area contributed by atoms with Crippen LogP contribution in [0.4, 0.5) is 21.8 Å². The lowest BCUT2D eigenvalue weighted by Crippen LogP contribution is -2.09. The minimum Gasteiger partial charge on any atom is -0.370 e. The highest BCUT2D eigenvalue weighted by molar-refractivity contribution is 5.55. The predicted octanol–water partition coefficient (Wildman–Crippen LogP) is 4.32. The zero-order chi connectivity index (χ0) is 16.8. The van der Waals surface area contributed by atoms with E-state index in [1.807, 2.05) is 31.2 Å². The van der Waals surface area contributed by atoms with Crippen molar-refractivity contribution in [1.82, 2.24) is 9.97 Å². The highest BCUT2D eigenvalue weighted by Gasteiger charge is 2.06. The lowest BCUT2D eigenvalue weighted by Gasteiger charge is -2.10. The maximum Gasteiger partial charge on any atom is 0.229 e. The minimum absolute atomic E-state index is 0.332. The van der Waals surface area contributed by atoms with Crippen molar-refractivity contribution < 1.29 is 4.39 Å². The zero-order valence-electron chi connectivity index (χ0n) is 13.5. The SMILES string of the molecule is Cc1cc(NCCc2ccccc2)nc(Nc2ccccc2F)n1. The summed E-state index contributed by atoms with van der Waals surface area (Å²) >= 11 is 0. The molecule has 0 radical (unpaired) electrons. The summed E-state index contributed by atoms with van der Waals surface area (Å²) in [6, 6.07) is 18.6. The van der Waals surface area contributed by atoms with E-state index in [1.54, 1.807) is 18.2 Å². The summed E-state index contributed by atoms with van der Waals surface area (Å²) in [5.74, 6) is 0.765. The number of anilines is 3. The van der Waals surface area contributed by atoms with E-state index in [4.69, 9.17) is 0 Å². The van der Waals surface area contributed by atoms with Crippen molar-refractivity contribution in [3.63, 3.8) is 0 Å². The highest BCUT2D eigenvalue weighted by atomic mass is 19.1. The molecule has 2 aromatic carbocycles. The van der Waals surface area contributed by atoms with Gasteiger partial charge in [-0.15, -0.1) is 0 Å². The molecule has 4 nitrogen and oxygen atoms in total. The first-order valence-electron chi connectivity index (χ1n) is 7.86. The van der Waals surface area contributed by atoms with Crippen LogP contribution in [0, 0.1) is 12.7 Å². The van der Waals surface area contributed by atoms with Crippen molar-refractivity contribution in [2.45, 2.75) is 13.3 Å². The molecule has 2 N–H and O–H groups in total. The number of hydrogen-bond donors (Lipinski definition) is 2. The van der Waals surface area contributed by atoms with Gasteiger partial charge >= 0.3 is 0 Å².